The van der Waals surface area contributed by atoms with Crippen molar-refractivity contribution < 1.29 is 4.79 Å². The highest BCUT2D eigenvalue weighted by atomic mass is 16.2. The van der Waals surface area contributed by atoms with E-state index in [0.29, 0.717) is 5.92 Å². The summed E-state index contributed by atoms with van der Waals surface area (Å²) in [7, 11) is 1.71. The summed E-state index contributed by atoms with van der Waals surface area (Å²) in [6.45, 7) is 5.25. The number of piperidine rings is 1. The van der Waals surface area contributed by atoms with E-state index < -0.39 is 0 Å². The van der Waals surface area contributed by atoms with E-state index in [9.17, 15) is 4.79 Å². The molecule has 1 saturated heterocycles. The molecule has 0 aliphatic carbocycles. The Kier molecular flexibility index (Phi) is 4.59. The van der Waals surface area contributed by atoms with E-state index in [1.807, 2.05) is 0 Å². The zero-order valence-electron chi connectivity index (χ0n) is 12.1. The second kappa shape index (κ2) is 6.20. The van der Waals surface area contributed by atoms with Gasteiger partial charge in [0.15, 0.2) is 0 Å². The number of amides is 1. The Morgan fingerprint density at radius 2 is 2.21 bits per heavy atom. The Bertz CT molecular complexity index is 456. The van der Waals surface area contributed by atoms with Crippen molar-refractivity contribution in [3.05, 3.63) is 34.9 Å². The second-order valence-electron chi connectivity index (χ2n) is 5.65. The van der Waals surface area contributed by atoms with Gasteiger partial charge in [0.05, 0.1) is 6.04 Å². The molecule has 2 N–H and O–H groups in total. The van der Waals surface area contributed by atoms with Crippen LogP contribution < -0.4 is 10.6 Å². The van der Waals surface area contributed by atoms with Crippen molar-refractivity contribution in [3.8, 4) is 0 Å². The third kappa shape index (κ3) is 3.57. The van der Waals surface area contributed by atoms with Crippen molar-refractivity contribution in [3.63, 3.8) is 0 Å². The minimum atomic E-state index is -0.0196. The van der Waals surface area contributed by atoms with Gasteiger partial charge in [-0.25, -0.2) is 0 Å². The molecule has 1 amide bonds. The average molecular weight is 260 g/mol. The molecule has 1 aliphatic rings. The van der Waals surface area contributed by atoms with E-state index in [-0.39, 0.29) is 11.9 Å². The first-order valence-electron chi connectivity index (χ1n) is 7.11. The summed E-state index contributed by atoms with van der Waals surface area (Å²) >= 11 is 0. The molecule has 0 aromatic heterocycles. The number of rotatable bonds is 3. The lowest BCUT2D eigenvalue weighted by molar-refractivity contribution is -0.123. The summed E-state index contributed by atoms with van der Waals surface area (Å²) in [4.78, 5) is 11.7. The number of carbonyl (C=O) groups is 1. The predicted octanol–water partition coefficient (Wildman–Crippen LogP) is 1.96. The smallest absolute Gasteiger partial charge is 0.236 e. The highest BCUT2D eigenvalue weighted by Gasteiger charge is 2.26. The van der Waals surface area contributed by atoms with E-state index in [0.717, 1.165) is 25.8 Å². The van der Waals surface area contributed by atoms with E-state index in [1.54, 1.807) is 7.05 Å². The largest absolute Gasteiger partial charge is 0.358 e. The average Bonchev–Trinajstić information content (AvgIpc) is 2.42. The fourth-order valence-corrected chi connectivity index (χ4v) is 2.89. The van der Waals surface area contributed by atoms with Gasteiger partial charge in [0.2, 0.25) is 5.91 Å². The number of benzene rings is 1. The molecule has 1 aromatic rings. The van der Waals surface area contributed by atoms with Crippen molar-refractivity contribution in [2.45, 2.75) is 39.2 Å². The van der Waals surface area contributed by atoms with Crippen molar-refractivity contribution in [2.75, 3.05) is 13.6 Å². The fourth-order valence-electron chi connectivity index (χ4n) is 2.89. The van der Waals surface area contributed by atoms with Crippen LogP contribution in [0.4, 0.5) is 0 Å². The zero-order valence-corrected chi connectivity index (χ0v) is 12.1. The van der Waals surface area contributed by atoms with Gasteiger partial charge in [-0.05, 0) is 56.7 Å². The molecule has 2 rings (SSSR count). The molecular weight excluding hydrogens is 236 g/mol. The molecule has 104 valence electrons. The topological polar surface area (TPSA) is 41.1 Å². The zero-order chi connectivity index (χ0) is 13.8. The van der Waals surface area contributed by atoms with Gasteiger partial charge in [-0.2, -0.15) is 0 Å². The van der Waals surface area contributed by atoms with Crippen LogP contribution in [0.15, 0.2) is 18.2 Å². The van der Waals surface area contributed by atoms with E-state index in [1.165, 1.54) is 16.7 Å². The predicted molar refractivity (Wildman–Crippen MR) is 78.2 cm³/mol. The summed E-state index contributed by atoms with van der Waals surface area (Å²) in [6.07, 6.45) is 3.18. The maximum absolute atomic E-state index is 11.7. The molecule has 2 atom stereocenters. The molecule has 0 radical (unpaired) electrons. The van der Waals surface area contributed by atoms with Gasteiger partial charge in [-0.1, -0.05) is 23.8 Å². The van der Waals surface area contributed by atoms with Crippen LogP contribution in [0.25, 0.3) is 0 Å². The fraction of sp³-hybridized carbons (Fsp3) is 0.562. The van der Waals surface area contributed by atoms with Gasteiger partial charge in [0.25, 0.3) is 0 Å². The van der Waals surface area contributed by atoms with Crippen molar-refractivity contribution in [2.24, 2.45) is 5.92 Å². The van der Waals surface area contributed by atoms with Crippen LogP contribution in [0.5, 0.6) is 0 Å². The lowest BCUT2D eigenvalue weighted by atomic mass is 9.85. The third-order valence-electron chi connectivity index (χ3n) is 4.09. The lowest BCUT2D eigenvalue weighted by Crippen LogP contribution is -2.48. The normalized spacial score (nSPS) is 23.1. The maximum Gasteiger partial charge on any atom is 0.236 e. The van der Waals surface area contributed by atoms with E-state index in [4.69, 9.17) is 0 Å². The number of nitrogens with one attached hydrogen (secondary N) is 2. The molecule has 19 heavy (non-hydrogen) atoms. The summed E-state index contributed by atoms with van der Waals surface area (Å²) < 4.78 is 0. The van der Waals surface area contributed by atoms with Crippen LogP contribution in [-0.4, -0.2) is 25.5 Å². The molecule has 2 unspecified atom stereocenters. The molecule has 1 aliphatic heterocycles. The Morgan fingerprint density at radius 3 is 2.95 bits per heavy atom. The maximum atomic E-state index is 11.7. The molecule has 3 nitrogen and oxygen atoms in total. The van der Waals surface area contributed by atoms with Crippen LogP contribution in [0.3, 0.4) is 0 Å². The third-order valence-corrected chi connectivity index (χ3v) is 4.09. The summed E-state index contributed by atoms with van der Waals surface area (Å²) in [5.74, 6) is 0.717. The number of carbonyl (C=O) groups excluding carboxylic acids is 1. The first-order valence-corrected chi connectivity index (χ1v) is 7.11. The number of hydrogen-bond acceptors (Lipinski definition) is 2. The van der Waals surface area contributed by atoms with Crippen LogP contribution in [0.1, 0.15) is 29.5 Å². The van der Waals surface area contributed by atoms with Crippen molar-refractivity contribution in [1.82, 2.24) is 10.6 Å². The Labute approximate surface area is 115 Å². The Morgan fingerprint density at radius 1 is 1.42 bits per heavy atom. The SMILES string of the molecule is CNC(=O)C1CC(Cc2cc(C)ccc2C)CCN1. The molecule has 1 aromatic carbocycles. The minimum Gasteiger partial charge on any atom is -0.358 e. The van der Waals surface area contributed by atoms with Crippen LogP contribution in [0.2, 0.25) is 0 Å². The molecule has 0 spiro atoms. The standard InChI is InChI=1S/C16H24N2O/c1-11-4-5-12(2)14(8-11)9-13-6-7-18-15(10-13)16(19)17-3/h4-5,8,13,15,18H,6-7,9-10H2,1-3H3,(H,17,19). The van der Waals surface area contributed by atoms with Gasteiger partial charge in [0.1, 0.15) is 0 Å². The highest BCUT2D eigenvalue weighted by Crippen LogP contribution is 2.23. The monoisotopic (exact) mass is 260 g/mol. The molecule has 1 heterocycles. The van der Waals surface area contributed by atoms with Crippen LogP contribution >= 0.6 is 0 Å². The molecule has 0 saturated carbocycles. The summed E-state index contributed by atoms with van der Waals surface area (Å²) in [5.41, 5.74) is 4.11. The number of aryl methyl sites for hydroxylation is 2. The van der Waals surface area contributed by atoms with Crippen LogP contribution in [-0.2, 0) is 11.2 Å². The van der Waals surface area contributed by atoms with Crippen molar-refractivity contribution in [1.29, 1.82) is 0 Å². The molecule has 3 heteroatoms. The number of hydrogen-bond donors (Lipinski definition) is 2. The Hall–Kier alpha value is -1.35. The van der Waals surface area contributed by atoms with Crippen LogP contribution in [0, 0.1) is 19.8 Å². The number of likely N-dealkylation sites (N-methyl/N-ethyl adjacent to an activating group) is 1. The van der Waals surface area contributed by atoms with E-state index in [2.05, 4.69) is 42.7 Å². The summed E-state index contributed by atoms with van der Waals surface area (Å²) in [5, 5.41) is 6.04. The van der Waals surface area contributed by atoms with Gasteiger partial charge in [-0.15, -0.1) is 0 Å². The van der Waals surface area contributed by atoms with E-state index >= 15 is 0 Å². The highest BCUT2D eigenvalue weighted by molar-refractivity contribution is 5.81. The minimum absolute atomic E-state index is 0.0196. The second-order valence-corrected chi connectivity index (χ2v) is 5.65. The summed E-state index contributed by atoms with van der Waals surface area (Å²) in [6, 6.07) is 6.62. The van der Waals surface area contributed by atoms with Gasteiger partial charge in [0, 0.05) is 7.05 Å². The van der Waals surface area contributed by atoms with Gasteiger partial charge in [-0.3, -0.25) is 4.79 Å². The quantitative estimate of drug-likeness (QED) is 0.872. The van der Waals surface area contributed by atoms with Crippen molar-refractivity contribution >= 4 is 5.91 Å². The van der Waals surface area contributed by atoms with Gasteiger partial charge >= 0.3 is 0 Å². The Balaban J connectivity index is 2.02. The first-order chi connectivity index (χ1) is 9.10. The molecule has 1 fully saturated rings. The molecule has 0 bridgehead atoms. The molecular formula is C16H24N2O. The van der Waals surface area contributed by atoms with Gasteiger partial charge < -0.3 is 10.6 Å². The first kappa shape index (κ1) is 14.1. The lowest BCUT2D eigenvalue weighted by Gasteiger charge is -2.29.